The van der Waals surface area contributed by atoms with Crippen molar-refractivity contribution in [1.29, 1.82) is 0 Å². The van der Waals surface area contributed by atoms with Crippen molar-refractivity contribution in [3.05, 3.63) is 42.2 Å². The van der Waals surface area contributed by atoms with Gasteiger partial charge in [0.1, 0.15) is 5.57 Å². The SMILES string of the molecule is CC(C)(C)P(c1nccn1-c1cccc(F)c1F)C(C)(C)C. The standard InChI is InChI=1S/C17H23F2N2P/c1-16(2,3)22(17(4,5)6)15-20-10-11-21(15)13-9-7-8-12(18)14(13)19/h7-11H,1-6H3. The minimum Gasteiger partial charge on any atom is -0.297 e. The Labute approximate surface area is 132 Å². The van der Waals surface area contributed by atoms with E-state index < -0.39 is 19.6 Å². The van der Waals surface area contributed by atoms with Crippen molar-refractivity contribution in [3.63, 3.8) is 0 Å². The van der Waals surface area contributed by atoms with Gasteiger partial charge in [0.15, 0.2) is 11.6 Å². The number of imidazole rings is 1. The zero-order valence-corrected chi connectivity index (χ0v) is 14.9. The number of hydrogen-bond acceptors (Lipinski definition) is 1. The summed E-state index contributed by atoms with van der Waals surface area (Å²) in [5.41, 5.74) is 1.04. The molecule has 0 saturated carbocycles. The first-order chi connectivity index (χ1) is 10.0. The summed E-state index contributed by atoms with van der Waals surface area (Å²) in [6.07, 6.45) is 3.37. The summed E-state index contributed by atoms with van der Waals surface area (Å²) in [5, 5.41) is 0.000968. The molecule has 0 aliphatic carbocycles. The zero-order chi connectivity index (χ0) is 16.7. The molecule has 0 aliphatic rings. The van der Waals surface area contributed by atoms with Crippen molar-refractivity contribution < 1.29 is 8.78 Å². The van der Waals surface area contributed by atoms with E-state index in [-0.39, 0.29) is 16.0 Å². The van der Waals surface area contributed by atoms with Gasteiger partial charge in [-0.3, -0.25) is 4.57 Å². The van der Waals surface area contributed by atoms with Crippen LogP contribution >= 0.6 is 7.92 Å². The van der Waals surface area contributed by atoms with E-state index in [4.69, 9.17) is 0 Å². The third-order valence-electron chi connectivity index (χ3n) is 3.35. The van der Waals surface area contributed by atoms with Crippen LogP contribution < -0.4 is 5.57 Å². The molecule has 0 atom stereocenters. The van der Waals surface area contributed by atoms with Gasteiger partial charge in [-0.25, -0.2) is 13.8 Å². The van der Waals surface area contributed by atoms with E-state index in [2.05, 4.69) is 46.5 Å². The van der Waals surface area contributed by atoms with Crippen LogP contribution in [0.1, 0.15) is 41.5 Å². The van der Waals surface area contributed by atoms with E-state index in [1.54, 1.807) is 23.0 Å². The van der Waals surface area contributed by atoms with E-state index in [9.17, 15) is 8.78 Å². The Morgan fingerprint density at radius 1 is 1.00 bits per heavy atom. The summed E-state index contributed by atoms with van der Waals surface area (Å²) >= 11 is 0. The molecule has 1 heterocycles. The number of aromatic nitrogens is 2. The summed E-state index contributed by atoms with van der Waals surface area (Å²) in [4.78, 5) is 4.50. The normalized spacial score (nSPS) is 13.0. The monoisotopic (exact) mass is 324 g/mol. The molecule has 0 N–H and O–H groups in total. The molecule has 0 spiro atoms. The molecule has 0 aliphatic heterocycles. The van der Waals surface area contributed by atoms with E-state index in [0.29, 0.717) is 0 Å². The largest absolute Gasteiger partial charge is 0.297 e. The van der Waals surface area contributed by atoms with Gasteiger partial charge in [0.05, 0.1) is 5.69 Å². The third-order valence-corrected chi connectivity index (χ3v) is 6.77. The van der Waals surface area contributed by atoms with Crippen molar-refractivity contribution in [1.82, 2.24) is 9.55 Å². The fourth-order valence-corrected chi connectivity index (χ4v) is 6.72. The molecule has 0 saturated heterocycles. The quantitative estimate of drug-likeness (QED) is 0.722. The fraction of sp³-hybridized carbons (Fsp3) is 0.471. The predicted molar refractivity (Wildman–Crippen MR) is 89.5 cm³/mol. The Morgan fingerprint density at radius 3 is 2.14 bits per heavy atom. The van der Waals surface area contributed by atoms with Crippen LogP contribution in [0.2, 0.25) is 0 Å². The number of nitrogens with zero attached hydrogens (tertiary/aromatic N) is 2. The summed E-state index contributed by atoms with van der Waals surface area (Å²) in [7, 11) is -0.705. The van der Waals surface area contributed by atoms with E-state index in [1.807, 2.05) is 0 Å². The van der Waals surface area contributed by atoms with Gasteiger partial charge in [0.2, 0.25) is 0 Å². The van der Waals surface area contributed by atoms with Crippen molar-refractivity contribution in [2.24, 2.45) is 0 Å². The van der Waals surface area contributed by atoms with Gasteiger partial charge in [0, 0.05) is 12.4 Å². The topological polar surface area (TPSA) is 17.8 Å². The van der Waals surface area contributed by atoms with Crippen LogP contribution in [-0.2, 0) is 0 Å². The Kier molecular flexibility index (Phi) is 4.45. The second kappa shape index (κ2) is 5.73. The Bertz CT molecular complexity index is 652. The maximum Gasteiger partial charge on any atom is 0.182 e. The molecule has 0 bridgehead atoms. The van der Waals surface area contributed by atoms with Gasteiger partial charge in [-0.2, -0.15) is 0 Å². The molecule has 120 valence electrons. The second-order valence-corrected chi connectivity index (χ2v) is 11.1. The van der Waals surface area contributed by atoms with Gasteiger partial charge in [-0.05, 0) is 30.4 Å². The van der Waals surface area contributed by atoms with Gasteiger partial charge >= 0.3 is 0 Å². The molecular formula is C17H23F2N2P. The molecule has 2 aromatic rings. The highest BCUT2D eigenvalue weighted by atomic mass is 31.1. The summed E-state index contributed by atoms with van der Waals surface area (Å²) in [6.45, 7) is 13.0. The Hall–Kier alpha value is -1.28. The molecular weight excluding hydrogens is 301 g/mol. The van der Waals surface area contributed by atoms with Crippen molar-refractivity contribution >= 4 is 13.5 Å². The summed E-state index contributed by atoms with van der Waals surface area (Å²) in [6, 6.07) is 4.24. The molecule has 2 nitrogen and oxygen atoms in total. The van der Waals surface area contributed by atoms with Crippen LogP contribution in [0.4, 0.5) is 8.78 Å². The van der Waals surface area contributed by atoms with Gasteiger partial charge in [-0.15, -0.1) is 0 Å². The number of hydrogen-bond donors (Lipinski definition) is 0. The molecule has 0 amide bonds. The third kappa shape index (κ3) is 3.22. The van der Waals surface area contributed by atoms with Gasteiger partial charge < -0.3 is 0 Å². The van der Waals surface area contributed by atoms with Crippen LogP contribution in [0.3, 0.4) is 0 Å². The number of benzene rings is 1. The smallest absolute Gasteiger partial charge is 0.182 e. The molecule has 2 rings (SSSR count). The van der Waals surface area contributed by atoms with Gasteiger partial charge in [-0.1, -0.05) is 47.6 Å². The second-order valence-electron chi connectivity index (χ2n) is 7.35. The lowest BCUT2D eigenvalue weighted by molar-refractivity contribution is 0.504. The maximum atomic E-state index is 14.2. The van der Waals surface area contributed by atoms with Crippen LogP contribution in [0.5, 0.6) is 0 Å². The molecule has 0 unspecified atom stereocenters. The average Bonchev–Trinajstić information content (AvgIpc) is 2.77. The average molecular weight is 324 g/mol. The van der Waals surface area contributed by atoms with Crippen molar-refractivity contribution in [2.75, 3.05) is 0 Å². The first-order valence-corrected chi connectivity index (χ1v) is 8.65. The van der Waals surface area contributed by atoms with Crippen LogP contribution in [0.25, 0.3) is 5.69 Å². The molecule has 22 heavy (non-hydrogen) atoms. The predicted octanol–water partition coefficient (Wildman–Crippen LogP) is 4.85. The zero-order valence-electron chi connectivity index (χ0n) is 14.0. The van der Waals surface area contributed by atoms with Crippen molar-refractivity contribution in [2.45, 2.75) is 51.9 Å². The van der Waals surface area contributed by atoms with E-state index in [1.165, 1.54) is 6.07 Å². The highest BCUT2D eigenvalue weighted by Crippen LogP contribution is 2.57. The molecule has 5 heteroatoms. The Balaban J connectivity index is 2.65. The lowest BCUT2D eigenvalue weighted by atomic mass is 10.2. The fourth-order valence-electron chi connectivity index (χ4n) is 2.93. The molecule has 0 radical (unpaired) electrons. The van der Waals surface area contributed by atoms with Gasteiger partial charge in [0.25, 0.3) is 0 Å². The molecule has 1 aromatic carbocycles. The van der Waals surface area contributed by atoms with E-state index in [0.717, 1.165) is 11.6 Å². The van der Waals surface area contributed by atoms with Crippen LogP contribution in [0, 0.1) is 11.6 Å². The minimum absolute atomic E-state index is 0.000484. The molecule has 1 aromatic heterocycles. The highest BCUT2D eigenvalue weighted by molar-refractivity contribution is 7.68. The summed E-state index contributed by atoms with van der Waals surface area (Å²) < 4.78 is 29.4. The number of rotatable bonds is 2. The lowest BCUT2D eigenvalue weighted by Gasteiger charge is -2.40. The van der Waals surface area contributed by atoms with Crippen molar-refractivity contribution in [3.8, 4) is 5.69 Å². The first kappa shape index (κ1) is 17.1. The maximum absolute atomic E-state index is 14.2. The van der Waals surface area contributed by atoms with Crippen LogP contribution in [0.15, 0.2) is 30.6 Å². The van der Waals surface area contributed by atoms with Crippen LogP contribution in [-0.4, -0.2) is 19.9 Å². The summed E-state index contributed by atoms with van der Waals surface area (Å²) in [5.74, 6) is -1.67. The first-order valence-electron chi connectivity index (χ1n) is 7.31. The number of halogens is 2. The van der Waals surface area contributed by atoms with E-state index >= 15 is 0 Å². The molecule has 0 fully saturated rings. The lowest BCUT2D eigenvalue weighted by Crippen LogP contribution is -2.35. The highest BCUT2D eigenvalue weighted by Gasteiger charge is 2.39. The Morgan fingerprint density at radius 2 is 1.59 bits per heavy atom. The minimum atomic E-state index is -0.840.